The van der Waals surface area contributed by atoms with Crippen LogP contribution in [0.2, 0.25) is 0 Å². The molecule has 0 spiro atoms. The molecule has 0 bridgehead atoms. The second kappa shape index (κ2) is 9.18. The Labute approximate surface area is 198 Å². The normalized spacial score (nSPS) is 12.9. The van der Waals surface area contributed by atoms with Crippen LogP contribution in [0.1, 0.15) is 69.4 Å². The minimum atomic E-state index is -3.59. The lowest BCUT2D eigenvalue weighted by Crippen LogP contribution is -2.19. The summed E-state index contributed by atoms with van der Waals surface area (Å²) in [6.07, 6.45) is 4.04. The summed E-state index contributed by atoms with van der Waals surface area (Å²) >= 11 is 0. The zero-order chi connectivity index (χ0) is 24.4. The first kappa shape index (κ1) is 24.8. The highest BCUT2D eigenvalue weighted by molar-refractivity contribution is 7.90. The molecule has 174 valence electrons. The van der Waals surface area contributed by atoms with Gasteiger partial charge < -0.3 is 5.11 Å². The number of sulfone groups is 1. The van der Waals surface area contributed by atoms with E-state index in [4.69, 9.17) is 0 Å². The molecule has 0 amide bonds. The van der Waals surface area contributed by atoms with E-state index < -0.39 is 9.84 Å². The van der Waals surface area contributed by atoms with Crippen molar-refractivity contribution in [1.29, 1.82) is 0 Å². The topological polar surface area (TPSA) is 54.4 Å². The van der Waals surface area contributed by atoms with Crippen LogP contribution < -0.4 is 0 Å². The van der Waals surface area contributed by atoms with Crippen molar-refractivity contribution in [2.45, 2.75) is 63.0 Å². The van der Waals surface area contributed by atoms with Crippen LogP contribution in [-0.2, 0) is 26.4 Å². The molecule has 33 heavy (non-hydrogen) atoms. The SMILES string of the molecule is CC(C)(C)c1cc(S(=O)(=O)Cc2ccc(C=Cc3ccccc3)cc2)cc(C(C)(C)C)c1O. The van der Waals surface area contributed by atoms with Gasteiger partial charge >= 0.3 is 0 Å². The highest BCUT2D eigenvalue weighted by Gasteiger charge is 2.29. The molecule has 1 N–H and O–H groups in total. The van der Waals surface area contributed by atoms with Crippen molar-refractivity contribution in [2.75, 3.05) is 0 Å². The van der Waals surface area contributed by atoms with E-state index in [1.54, 1.807) is 12.1 Å². The largest absolute Gasteiger partial charge is 0.507 e. The molecule has 0 atom stereocenters. The molecule has 0 aromatic heterocycles. The first-order valence-corrected chi connectivity index (χ1v) is 12.9. The van der Waals surface area contributed by atoms with Crippen molar-refractivity contribution < 1.29 is 13.5 Å². The van der Waals surface area contributed by atoms with Gasteiger partial charge in [-0.3, -0.25) is 0 Å². The van der Waals surface area contributed by atoms with Crippen LogP contribution in [-0.4, -0.2) is 13.5 Å². The third-order valence-electron chi connectivity index (χ3n) is 5.66. The summed E-state index contributed by atoms with van der Waals surface area (Å²) in [7, 11) is -3.59. The summed E-state index contributed by atoms with van der Waals surface area (Å²) < 4.78 is 26.7. The van der Waals surface area contributed by atoms with Crippen molar-refractivity contribution >= 4 is 22.0 Å². The van der Waals surface area contributed by atoms with E-state index in [1.807, 2.05) is 108 Å². The minimum Gasteiger partial charge on any atom is -0.507 e. The Kier molecular flexibility index (Phi) is 6.90. The molecule has 4 heteroatoms. The van der Waals surface area contributed by atoms with E-state index in [9.17, 15) is 13.5 Å². The zero-order valence-electron chi connectivity index (χ0n) is 20.4. The van der Waals surface area contributed by atoms with Gasteiger partial charge in [0.2, 0.25) is 0 Å². The van der Waals surface area contributed by atoms with Crippen molar-refractivity contribution in [3.05, 3.63) is 94.5 Å². The summed E-state index contributed by atoms with van der Waals surface area (Å²) in [5, 5.41) is 10.9. The number of benzene rings is 3. The maximum Gasteiger partial charge on any atom is 0.182 e. The van der Waals surface area contributed by atoms with Gasteiger partial charge in [-0.15, -0.1) is 0 Å². The fourth-order valence-electron chi connectivity index (χ4n) is 3.72. The van der Waals surface area contributed by atoms with Crippen LogP contribution in [0.15, 0.2) is 71.6 Å². The molecular weight excluding hydrogens is 428 g/mol. The molecule has 3 aromatic carbocycles. The molecule has 0 aliphatic carbocycles. The Morgan fingerprint density at radius 1 is 0.727 bits per heavy atom. The molecule has 0 fully saturated rings. The van der Waals surface area contributed by atoms with Gasteiger partial charge in [-0.25, -0.2) is 8.42 Å². The Balaban J connectivity index is 1.91. The van der Waals surface area contributed by atoms with Gasteiger partial charge in [-0.2, -0.15) is 0 Å². The Hall–Kier alpha value is -2.85. The maximum absolute atomic E-state index is 13.4. The number of hydrogen-bond acceptors (Lipinski definition) is 3. The van der Waals surface area contributed by atoms with E-state index >= 15 is 0 Å². The Morgan fingerprint density at radius 2 is 1.18 bits per heavy atom. The van der Waals surface area contributed by atoms with E-state index in [0.717, 1.165) is 16.7 Å². The molecule has 3 nitrogen and oxygen atoms in total. The fourth-order valence-corrected chi connectivity index (χ4v) is 5.11. The van der Waals surface area contributed by atoms with Gasteiger partial charge in [0.05, 0.1) is 10.6 Å². The number of phenols is 1. The van der Waals surface area contributed by atoms with Gasteiger partial charge in [0.25, 0.3) is 0 Å². The molecule has 0 unspecified atom stereocenters. The van der Waals surface area contributed by atoms with E-state index in [-0.39, 0.29) is 27.2 Å². The second-order valence-electron chi connectivity index (χ2n) is 10.6. The van der Waals surface area contributed by atoms with Crippen LogP contribution in [0.3, 0.4) is 0 Å². The molecule has 0 saturated heterocycles. The smallest absolute Gasteiger partial charge is 0.182 e. The predicted octanol–water partition coefficient (Wildman–Crippen LogP) is 7.13. The quantitative estimate of drug-likeness (QED) is 0.410. The third-order valence-corrected chi connectivity index (χ3v) is 7.33. The van der Waals surface area contributed by atoms with Gasteiger partial charge in [0.1, 0.15) is 5.75 Å². The monoisotopic (exact) mass is 462 g/mol. The van der Waals surface area contributed by atoms with Crippen molar-refractivity contribution in [2.24, 2.45) is 0 Å². The van der Waals surface area contributed by atoms with Crippen molar-refractivity contribution in [1.82, 2.24) is 0 Å². The zero-order valence-corrected chi connectivity index (χ0v) is 21.2. The van der Waals surface area contributed by atoms with Crippen LogP contribution in [0.5, 0.6) is 5.75 Å². The van der Waals surface area contributed by atoms with Crippen LogP contribution in [0.4, 0.5) is 0 Å². The first-order chi connectivity index (χ1) is 15.3. The fraction of sp³-hybridized carbons (Fsp3) is 0.310. The second-order valence-corrected chi connectivity index (χ2v) is 12.6. The number of aromatic hydroxyl groups is 1. The van der Waals surface area contributed by atoms with Gasteiger partial charge in [-0.05, 0) is 39.7 Å². The summed E-state index contributed by atoms with van der Waals surface area (Å²) in [5.74, 6) is 0.0941. The predicted molar refractivity (Wildman–Crippen MR) is 138 cm³/mol. The lowest BCUT2D eigenvalue weighted by molar-refractivity contribution is 0.422. The van der Waals surface area contributed by atoms with Crippen molar-refractivity contribution in [3.8, 4) is 5.75 Å². The molecular formula is C29H34O3S. The number of phenolic OH excluding ortho intramolecular Hbond substituents is 1. The molecule has 0 radical (unpaired) electrons. The minimum absolute atomic E-state index is 0.0897. The van der Waals surface area contributed by atoms with E-state index in [1.165, 1.54) is 0 Å². The lowest BCUT2D eigenvalue weighted by atomic mass is 9.79. The molecule has 3 rings (SSSR count). The van der Waals surface area contributed by atoms with Gasteiger partial charge in [0.15, 0.2) is 9.84 Å². The Morgan fingerprint density at radius 3 is 1.64 bits per heavy atom. The van der Waals surface area contributed by atoms with Gasteiger partial charge in [-0.1, -0.05) is 108 Å². The molecule has 0 aliphatic heterocycles. The molecule has 3 aromatic rings. The van der Waals surface area contributed by atoms with Crippen LogP contribution in [0.25, 0.3) is 12.2 Å². The summed E-state index contributed by atoms with van der Waals surface area (Å²) in [4.78, 5) is 0.253. The molecule has 0 aliphatic rings. The van der Waals surface area contributed by atoms with Gasteiger partial charge in [0, 0.05) is 11.1 Å². The highest BCUT2D eigenvalue weighted by Crippen LogP contribution is 2.41. The van der Waals surface area contributed by atoms with Crippen LogP contribution >= 0.6 is 0 Å². The average molecular weight is 463 g/mol. The van der Waals surface area contributed by atoms with Crippen LogP contribution in [0, 0.1) is 0 Å². The summed E-state index contributed by atoms with van der Waals surface area (Å²) in [6.45, 7) is 11.9. The standard InChI is InChI=1S/C29H34O3S/c1-28(2,3)25-18-24(19-26(27(25)30)29(4,5)6)33(31,32)20-23-16-14-22(15-17-23)13-12-21-10-8-7-9-11-21/h7-19,30H,20H2,1-6H3. The van der Waals surface area contributed by atoms with E-state index in [0.29, 0.717) is 11.1 Å². The molecule has 0 heterocycles. The molecule has 0 saturated carbocycles. The average Bonchev–Trinajstić information content (AvgIpc) is 2.72. The van der Waals surface area contributed by atoms with E-state index in [2.05, 4.69) is 0 Å². The Bertz CT molecular complexity index is 1200. The highest BCUT2D eigenvalue weighted by atomic mass is 32.2. The van der Waals surface area contributed by atoms with Crippen molar-refractivity contribution in [3.63, 3.8) is 0 Å². The first-order valence-electron chi connectivity index (χ1n) is 11.2. The number of rotatable bonds is 5. The summed E-state index contributed by atoms with van der Waals surface area (Å²) in [5.41, 5.74) is 3.37. The lowest BCUT2D eigenvalue weighted by Gasteiger charge is -2.28. The number of hydrogen-bond donors (Lipinski definition) is 1. The maximum atomic E-state index is 13.4. The third kappa shape index (κ3) is 6.14. The summed E-state index contributed by atoms with van der Waals surface area (Å²) in [6, 6.07) is 20.9.